The molecule has 0 saturated heterocycles. The summed E-state index contributed by atoms with van der Waals surface area (Å²) in [6, 6.07) is 10.8. The highest BCUT2D eigenvalue weighted by Gasteiger charge is 2.05. The SMILES string of the molecule is COc1cccc(/C=N/N(C)c2ccccn2)c1O. The molecular weight excluding hydrogens is 242 g/mol. The second-order valence-corrected chi connectivity index (χ2v) is 3.85. The molecule has 0 amide bonds. The molecule has 98 valence electrons. The van der Waals surface area contributed by atoms with Gasteiger partial charge in [-0.2, -0.15) is 5.10 Å². The Balaban J connectivity index is 2.19. The van der Waals surface area contributed by atoms with E-state index in [1.165, 1.54) is 7.11 Å². The molecule has 0 unspecified atom stereocenters. The zero-order valence-corrected chi connectivity index (χ0v) is 10.8. The van der Waals surface area contributed by atoms with Crippen LogP contribution in [0.4, 0.5) is 5.82 Å². The van der Waals surface area contributed by atoms with E-state index in [0.29, 0.717) is 11.3 Å². The summed E-state index contributed by atoms with van der Waals surface area (Å²) < 4.78 is 5.04. The molecule has 0 aliphatic carbocycles. The molecule has 0 atom stereocenters. The third kappa shape index (κ3) is 3.01. The van der Waals surface area contributed by atoms with Crippen LogP contribution in [-0.4, -0.2) is 30.5 Å². The van der Waals surface area contributed by atoms with Crippen molar-refractivity contribution in [2.75, 3.05) is 19.2 Å². The second kappa shape index (κ2) is 5.86. The van der Waals surface area contributed by atoms with Crippen LogP contribution in [0.25, 0.3) is 0 Å². The van der Waals surface area contributed by atoms with Gasteiger partial charge in [0.05, 0.1) is 13.3 Å². The molecule has 0 bridgehead atoms. The topological polar surface area (TPSA) is 58.0 Å². The van der Waals surface area contributed by atoms with Gasteiger partial charge in [0.1, 0.15) is 5.82 Å². The van der Waals surface area contributed by atoms with Gasteiger partial charge in [-0.3, -0.25) is 5.01 Å². The lowest BCUT2D eigenvalue weighted by molar-refractivity contribution is 0.373. The monoisotopic (exact) mass is 257 g/mol. The van der Waals surface area contributed by atoms with Gasteiger partial charge in [-0.1, -0.05) is 12.1 Å². The summed E-state index contributed by atoms with van der Waals surface area (Å²) in [5, 5.41) is 15.8. The Hall–Kier alpha value is -2.56. The number of rotatable bonds is 4. The molecule has 1 aromatic carbocycles. The van der Waals surface area contributed by atoms with Crippen LogP contribution < -0.4 is 9.75 Å². The van der Waals surface area contributed by atoms with Crippen molar-refractivity contribution in [3.8, 4) is 11.5 Å². The molecular formula is C14H15N3O2. The summed E-state index contributed by atoms with van der Waals surface area (Å²) in [5.41, 5.74) is 0.585. The van der Waals surface area contributed by atoms with Gasteiger partial charge >= 0.3 is 0 Å². The highest BCUT2D eigenvalue weighted by atomic mass is 16.5. The van der Waals surface area contributed by atoms with E-state index in [4.69, 9.17) is 4.74 Å². The van der Waals surface area contributed by atoms with Gasteiger partial charge in [0.2, 0.25) is 0 Å². The lowest BCUT2D eigenvalue weighted by atomic mass is 10.2. The van der Waals surface area contributed by atoms with Crippen molar-refractivity contribution in [3.63, 3.8) is 0 Å². The molecule has 0 aliphatic heterocycles. The van der Waals surface area contributed by atoms with Crippen molar-refractivity contribution in [2.45, 2.75) is 0 Å². The fourth-order valence-corrected chi connectivity index (χ4v) is 1.56. The number of pyridine rings is 1. The van der Waals surface area contributed by atoms with Gasteiger partial charge in [-0.05, 0) is 24.3 Å². The maximum Gasteiger partial charge on any atom is 0.166 e. The molecule has 5 nitrogen and oxygen atoms in total. The van der Waals surface area contributed by atoms with E-state index >= 15 is 0 Å². The third-order valence-electron chi connectivity index (χ3n) is 2.60. The summed E-state index contributed by atoms with van der Waals surface area (Å²) >= 11 is 0. The van der Waals surface area contributed by atoms with Crippen LogP contribution in [0.3, 0.4) is 0 Å². The quantitative estimate of drug-likeness (QED) is 0.674. The normalized spacial score (nSPS) is 10.6. The Morgan fingerprint density at radius 2 is 2.11 bits per heavy atom. The number of aromatic hydroxyl groups is 1. The Morgan fingerprint density at radius 3 is 2.79 bits per heavy atom. The summed E-state index contributed by atoms with van der Waals surface area (Å²) in [5.74, 6) is 1.22. The summed E-state index contributed by atoms with van der Waals surface area (Å²) in [6.07, 6.45) is 3.26. The predicted octanol–water partition coefficient (Wildman–Crippen LogP) is 2.27. The van der Waals surface area contributed by atoms with E-state index in [2.05, 4.69) is 10.1 Å². The van der Waals surface area contributed by atoms with Crippen LogP contribution in [-0.2, 0) is 0 Å². The molecule has 19 heavy (non-hydrogen) atoms. The number of benzene rings is 1. The Kier molecular flexibility index (Phi) is 3.97. The number of nitrogens with zero attached hydrogens (tertiary/aromatic N) is 3. The lowest BCUT2D eigenvalue weighted by Gasteiger charge is -2.11. The number of hydrogen-bond donors (Lipinski definition) is 1. The van der Waals surface area contributed by atoms with Crippen molar-refractivity contribution in [1.29, 1.82) is 0 Å². The first-order valence-corrected chi connectivity index (χ1v) is 5.77. The number of anilines is 1. The molecule has 1 heterocycles. The Labute approximate surface area is 111 Å². The maximum absolute atomic E-state index is 9.92. The van der Waals surface area contributed by atoms with Gasteiger partial charge in [0, 0.05) is 18.8 Å². The molecule has 2 aromatic rings. The molecule has 0 radical (unpaired) electrons. The maximum atomic E-state index is 9.92. The number of methoxy groups -OCH3 is 1. The van der Waals surface area contributed by atoms with Crippen molar-refractivity contribution in [1.82, 2.24) is 4.98 Å². The second-order valence-electron chi connectivity index (χ2n) is 3.85. The van der Waals surface area contributed by atoms with Crippen LogP contribution in [0.1, 0.15) is 5.56 Å². The smallest absolute Gasteiger partial charge is 0.166 e. The van der Waals surface area contributed by atoms with E-state index in [9.17, 15) is 5.11 Å². The largest absolute Gasteiger partial charge is 0.504 e. The number of aromatic nitrogens is 1. The van der Waals surface area contributed by atoms with Crippen molar-refractivity contribution >= 4 is 12.0 Å². The number of para-hydroxylation sites is 1. The number of hydrazone groups is 1. The van der Waals surface area contributed by atoms with E-state index in [0.717, 1.165) is 5.82 Å². The Bertz CT molecular complexity index is 570. The van der Waals surface area contributed by atoms with Crippen molar-refractivity contribution < 1.29 is 9.84 Å². The van der Waals surface area contributed by atoms with Crippen LogP contribution in [0.5, 0.6) is 11.5 Å². The molecule has 1 N–H and O–H groups in total. The minimum absolute atomic E-state index is 0.0724. The third-order valence-corrected chi connectivity index (χ3v) is 2.60. The number of hydrogen-bond acceptors (Lipinski definition) is 5. The van der Waals surface area contributed by atoms with Gasteiger partial charge in [0.15, 0.2) is 11.5 Å². The van der Waals surface area contributed by atoms with Gasteiger partial charge < -0.3 is 9.84 Å². The number of phenolic OH excluding ortho intramolecular Hbond substituents is 1. The first-order valence-electron chi connectivity index (χ1n) is 5.77. The molecule has 2 rings (SSSR count). The first kappa shape index (κ1) is 12.9. The Morgan fingerprint density at radius 1 is 1.26 bits per heavy atom. The van der Waals surface area contributed by atoms with Crippen LogP contribution in [0.2, 0.25) is 0 Å². The number of phenols is 1. The van der Waals surface area contributed by atoms with Crippen molar-refractivity contribution in [2.24, 2.45) is 5.10 Å². The first-order chi connectivity index (χ1) is 9.22. The molecule has 0 saturated carbocycles. The van der Waals surface area contributed by atoms with Crippen LogP contribution >= 0.6 is 0 Å². The average molecular weight is 257 g/mol. The molecule has 0 aliphatic rings. The molecule has 5 heteroatoms. The minimum Gasteiger partial charge on any atom is -0.504 e. The molecule has 0 spiro atoms. The van der Waals surface area contributed by atoms with E-state index in [-0.39, 0.29) is 5.75 Å². The fourth-order valence-electron chi connectivity index (χ4n) is 1.56. The highest BCUT2D eigenvalue weighted by molar-refractivity contribution is 5.85. The van der Waals surface area contributed by atoms with Gasteiger partial charge in [0.25, 0.3) is 0 Å². The standard InChI is InChI=1S/C14H15N3O2/c1-17(13-8-3-4-9-15-13)16-10-11-6-5-7-12(19-2)14(11)18/h3-10,18H,1-2H3/b16-10+. The minimum atomic E-state index is 0.0724. The zero-order valence-electron chi connectivity index (χ0n) is 10.8. The summed E-state index contributed by atoms with van der Waals surface area (Å²) in [4.78, 5) is 4.17. The lowest BCUT2D eigenvalue weighted by Crippen LogP contribution is -2.10. The highest BCUT2D eigenvalue weighted by Crippen LogP contribution is 2.28. The fraction of sp³-hybridized carbons (Fsp3) is 0.143. The molecule has 0 fully saturated rings. The number of ether oxygens (including phenoxy) is 1. The zero-order chi connectivity index (χ0) is 13.7. The van der Waals surface area contributed by atoms with E-state index in [1.807, 2.05) is 18.2 Å². The summed E-state index contributed by atoms with van der Waals surface area (Å²) in [7, 11) is 3.30. The predicted molar refractivity (Wildman–Crippen MR) is 74.9 cm³/mol. The van der Waals surface area contributed by atoms with Crippen molar-refractivity contribution in [3.05, 3.63) is 48.2 Å². The van der Waals surface area contributed by atoms with Crippen LogP contribution in [0, 0.1) is 0 Å². The molecule has 1 aromatic heterocycles. The van der Waals surface area contributed by atoms with Gasteiger partial charge in [-0.15, -0.1) is 0 Å². The average Bonchev–Trinajstić information content (AvgIpc) is 2.47. The van der Waals surface area contributed by atoms with E-state index in [1.54, 1.807) is 42.7 Å². The summed E-state index contributed by atoms with van der Waals surface area (Å²) in [6.45, 7) is 0. The van der Waals surface area contributed by atoms with Gasteiger partial charge in [-0.25, -0.2) is 4.98 Å². The van der Waals surface area contributed by atoms with E-state index < -0.39 is 0 Å². The van der Waals surface area contributed by atoms with Crippen LogP contribution in [0.15, 0.2) is 47.7 Å².